The fourth-order valence-electron chi connectivity index (χ4n) is 2.49. The van der Waals surface area contributed by atoms with Crippen LogP contribution < -0.4 is 5.32 Å². The highest BCUT2D eigenvalue weighted by Gasteiger charge is 2.26. The smallest absolute Gasteiger partial charge is 0.0900 e. The average molecular weight is 254 g/mol. The molecule has 0 spiro atoms. The molecule has 0 saturated carbocycles. The molecule has 2 rings (SSSR count). The van der Waals surface area contributed by atoms with E-state index in [9.17, 15) is 0 Å². The van der Waals surface area contributed by atoms with E-state index in [1.165, 1.54) is 17.0 Å². The van der Waals surface area contributed by atoms with Crippen molar-refractivity contribution in [2.45, 2.75) is 46.3 Å². The highest BCUT2D eigenvalue weighted by molar-refractivity contribution is 7.11. The second kappa shape index (κ2) is 5.94. The van der Waals surface area contributed by atoms with E-state index in [1.54, 1.807) is 11.3 Å². The van der Waals surface area contributed by atoms with Crippen LogP contribution in [0.1, 0.15) is 35.3 Å². The maximum absolute atomic E-state index is 5.70. The molecule has 2 atom stereocenters. The lowest BCUT2D eigenvalue weighted by Crippen LogP contribution is -2.27. The van der Waals surface area contributed by atoms with Gasteiger partial charge in [0.05, 0.1) is 16.8 Å². The van der Waals surface area contributed by atoms with Gasteiger partial charge in [-0.05, 0) is 32.6 Å². The Kier molecular flexibility index (Phi) is 4.54. The summed E-state index contributed by atoms with van der Waals surface area (Å²) in [5.41, 5.74) is 1.18. The number of hydrogen-bond donors (Lipinski definition) is 1. The summed E-state index contributed by atoms with van der Waals surface area (Å²) in [5.74, 6) is 0.689. The van der Waals surface area contributed by atoms with E-state index in [2.05, 4.69) is 31.1 Å². The van der Waals surface area contributed by atoms with Crippen molar-refractivity contribution >= 4 is 11.3 Å². The van der Waals surface area contributed by atoms with Crippen molar-refractivity contribution < 1.29 is 4.74 Å². The molecule has 1 aliphatic heterocycles. The summed E-state index contributed by atoms with van der Waals surface area (Å²) in [4.78, 5) is 5.82. The predicted molar refractivity (Wildman–Crippen MR) is 71.4 cm³/mol. The van der Waals surface area contributed by atoms with Crippen LogP contribution in [-0.2, 0) is 11.3 Å². The van der Waals surface area contributed by atoms with Gasteiger partial charge in [-0.3, -0.25) is 0 Å². The van der Waals surface area contributed by atoms with E-state index in [4.69, 9.17) is 4.74 Å². The quantitative estimate of drug-likeness (QED) is 0.877. The van der Waals surface area contributed by atoms with Gasteiger partial charge in [-0.1, -0.05) is 6.92 Å². The first kappa shape index (κ1) is 13.0. The topological polar surface area (TPSA) is 34.1 Å². The molecule has 1 aromatic heterocycles. The van der Waals surface area contributed by atoms with Gasteiger partial charge in [0.15, 0.2) is 0 Å². The zero-order valence-corrected chi connectivity index (χ0v) is 11.8. The van der Waals surface area contributed by atoms with Crippen molar-refractivity contribution in [1.82, 2.24) is 10.3 Å². The van der Waals surface area contributed by atoms with Crippen molar-refractivity contribution in [3.63, 3.8) is 0 Å². The monoisotopic (exact) mass is 254 g/mol. The molecule has 1 N–H and O–H groups in total. The van der Waals surface area contributed by atoms with E-state index in [-0.39, 0.29) is 0 Å². The van der Waals surface area contributed by atoms with Crippen LogP contribution >= 0.6 is 11.3 Å². The summed E-state index contributed by atoms with van der Waals surface area (Å²) in [7, 11) is 0. The maximum Gasteiger partial charge on any atom is 0.0900 e. The lowest BCUT2D eigenvalue weighted by molar-refractivity contribution is 0.0872. The van der Waals surface area contributed by atoms with Crippen LogP contribution in [0, 0.1) is 19.8 Å². The first-order valence-corrected chi connectivity index (χ1v) is 7.27. The third kappa shape index (κ3) is 3.27. The van der Waals surface area contributed by atoms with Crippen LogP contribution in [0.5, 0.6) is 0 Å². The molecule has 0 bridgehead atoms. The van der Waals surface area contributed by atoms with E-state index in [0.29, 0.717) is 12.0 Å². The summed E-state index contributed by atoms with van der Waals surface area (Å²) < 4.78 is 5.70. The Morgan fingerprint density at radius 1 is 1.47 bits per heavy atom. The fraction of sp³-hybridized carbons (Fsp3) is 0.769. The van der Waals surface area contributed by atoms with Crippen LogP contribution in [0.25, 0.3) is 0 Å². The number of aromatic nitrogens is 1. The molecule has 1 saturated heterocycles. The standard InChI is InChI=1S/C13H22N2OS/c1-4-12-11(5-6-16-12)7-14-8-13-9(2)15-10(3)17-13/h11-12,14H,4-8H2,1-3H3. The summed E-state index contributed by atoms with van der Waals surface area (Å²) >= 11 is 1.80. The largest absolute Gasteiger partial charge is 0.378 e. The summed E-state index contributed by atoms with van der Waals surface area (Å²) in [6.07, 6.45) is 2.80. The Morgan fingerprint density at radius 3 is 2.94 bits per heavy atom. The molecule has 3 nitrogen and oxygen atoms in total. The third-order valence-electron chi connectivity index (χ3n) is 3.44. The molecule has 0 radical (unpaired) electrons. The molecule has 0 amide bonds. The molecule has 0 aliphatic carbocycles. The minimum absolute atomic E-state index is 0.465. The van der Waals surface area contributed by atoms with Crippen LogP contribution in [0.15, 0.2) is 0 Å². The van der Waals surface area contributed by atoms with E-state index in [1.807, 2.05) is 0 Å². The SMILES string of the molecule is CCC1OCCC1CNCc1sc(C)nc1C. The molecule has 2 unspecified atom stereocenters. The van der Waals surface area contributed by atoms with E-state index >= 15 is 0 Å². The lowest BCUT2D eigenvalue weighted by atomic mass is 10.00. The molecule has 1 fully saturated rings. The van der Waals surface area contributed by atoms with E-state index in [0.717, 1.165) is 31.1 Å². The van der Waals surface area contributed by atoms with Gasteiger partial charge in [-0.15, -0.1) is 11.3 Å². The summed E-state index contributed by atoms with van der Waals surface area (Å²) in [6, 6.07) is 0. The highest BCUT2D eigenvalue weighted by atomic mass is 32.1. The van der Waals surface area contributed by atoms with Crippen LogP contribution in [-0.4, -0.2) is 24.2 Å². The van der Waals surface area contributed by atoms with Crippen molar-refractivity contribution in [3.8, 4) is 0 Å². The maximum atomic E-state index is 5.70. The molecule has 0 aromatic carbocycles. The number of thiazole rings is 1. The van der Waals surface area contributed by atoms with Crippen LogP contribution in [0.2, 0.25) is 0 Å². The second-order valence-electron chi connectivity index (χ2n) is 4.74. The predicted octanol–water partition coefficient (Wildman–Crippen LogP) is 2.66. The normalized spacial score (nSPS) is 24.4. The van der Waals surface area contributed by atoms with Crippen molar-refractivity contribution in [2.75, 3.05) is 13.2 Å². The van der Waals surface area contributed by atoms with Crippen molar-refractivity contribution in [3.05, 3.63) is 15.6 Å². The van der Waals surface area contributed by atoms with Crippen LogP contribution in [0.4, 0.5) is 0 Å². The fourth-order valence-corrected chi connectivity index (χ4v) is 3.39. The minimum atomic E-state index is 0.465. The molecule has 4 heteroatoms. The summed E-state index contributed by atoms with van der Waals surface area (Å²) in [5, 5.41) is 4.71. The Labute approximate surface area is 108 Å². The number of aryl methyl sites for hydroxylation is 2. The zero-order valence-electron chi connectivity index (χ0n) is 11.0. The second-order valence-corrected chi connectivity index (χ2v) is 6.03. The number of rotatable bonds is 5. The average Bonchev–Trinajstić information content (AvgIpc) is 2.86. The number of hydrogen-bond acceptors (Lipinski definition) is 4. The van der Waals surface area contributed by atoms with Gasteiger partial charge in [0, 0.05) is 24.6 Å². The first-order chi connectivity index (χ1) is 8.20. The Hall–Kier alpha value is -0.450. The van der Waals surface area contributed by atoms with Gasteiger partial charge in [-0.25, -0.2) is 4.98 Å². The van der Waals surface area contributed by atoms with Gasteiger partial charge in [0.2, 0.25) is 0 Å². The third-order valence-corrected chi connectivity index (χ3v) is 4.51. The van der Waals surface area contributed by atoms with E-state index < -0.39 is 0 Å². The number of ether oxygens (including phenoxy) is 1. The van der Waals surface area contributed by atoms with Gasteiger partial charge >= 0.3 is 0 Å². The van der Waals surface area contributed by atoms with Gasteiger partial charge < -0.3 is 10.1 Å². The Bertz CT molecular complexity index is 364. The number of nitrogens with one attached hydrogen (secondary N) is 1. The number of nitrogens with zero attached hydrogens (tertiary/aromatic N) is 1. The molecule has 1 aromatic rings. The Balaban J connectivity index is 1.77. The zero-order chi connectivity index (χ0) is 12.3. The van der Waals surface area contributed by atoms with Crippen molar-refractivity contribution in [1.29, 1.82) is 0 Å². The van der Waals surface area contributed by atoms with Gasteiger partial charge in [0.25, 0.3) is 0 Å². The minimum Gasteiger partial charge on any atom is -0.378 e. The van der Waals surface area contributed by atoms with Gasteiger partial charge in [0.1, 0.15) is 0 Å². The van der Waals surface area contributed by atoms with Gasteiger partial charge in [-0.2, -0.15) is 0 Å². The molecule has 1 aliphatic rings. The Morgan fingerprint density at radius 2 is 2.29 bits per heavy atom. The molecule has 17 heavy (non-hydrogen) atoms. The highest BCUT2D eigenvalue weighted by Crippen LogP contribution is 2.23. The van der Waals surface area contributed by atoms with Crippen LogP contribution in [0.3, 0.4) is 0 Å². The lowest BCUT2D eigenvalue weighted by Gasteiger charge is -2.17. The molecule has 96 valence electrons. The summed E-state index contributed by atoms with van der Waals surface area (Å²) in [6.45, 7) is 9.32. The molecular formula is C13H22N2OS. The van der Waals surface area contributed by atoms with Crippen molar-refractivity contribution in [2.24, 2.45) is 5.92 Å². The first-order valence-electron chi connectivity index (χ1n) is 6.46. The molecular weight excluding hydrogens is 232 g/mol. The molecule has 2 heterocycles.